The summed E-state index contributed by atoms with van der Waals surface area (Å²) in [5, 5.41) is 12.2. The molecule has 1 aliphatic carbocycles. The lowest BCUT2D eigenvalue weighted by Gasteiger charge is -2.26. The van der Waals surface area contributed by atoms with Crippen molar-refractivity contribution in [1.29, 1.82) is 5.26 Å². The van der Waals surface area contributed by atoms with Crippen LogP contribution < -0.4 is 14.8 Å². The Kier molecular flexibility index (Phi) is 6.51. The van der Waals surface area contributed by atoms with Crippen molar-refractivity contribution in [2.75, 3.05) is 13.7 Å². The van der Waals surface area contributed by atoms with Gasteiger partial charge in [-0.2, -0.15) is 5.26 Å². The number of carbonyl (C=O) groups is 1. The summed E-state index contributed by atoms with van der Waals surface area (Å²) in [7, 11) is 1.50. The molecule has 1 fully saturated rings. The second-order valence-electron chi connectivity index (χ2n) is 5.84. The van der Waals surface area contributed by atoms with E-state index < -0.39 is 6.04 Å². The molecule has 1 unspecified atom stereocenters. The van der Waals surface area contributed by atoms with Crippen LogP contribution in [0.15, 0.2) is 18.2 Å². The predicted molar refractivity (Wildman–Crippen MR) is 90.8 cm³/mol. The molecule has 0 aromatic heterocycles. The van der Waals surface area contributed by atoms with Crippen molar-refractivity contribution in [2.24, 2.45) is 5.92 Å². The van der Waals surface area contributed by atoms with E-state index in [4.69, 9.17) is 15.9 Å². The molecular weight excluding hydrogens is 304 g/mol. The predicted octanol–water partition coefficient (Wildman–Crippen LogP) is 2.91. The molecule has 0 saturated heterocycles. The summed E-state index contributed by atoms with van der Waals surface area (Å²) in [6, 6.07) is 6.65. The summed E-state index contributed by atoms with van der Waals surface area (Å²) in [4.78, 5) is 12.5. The summed E-state index contributed by atoms with van der Waals surface area (Å²) in [6.07, 6.45) is 10.6. The average Bonchev–Trinajstić information content (AvgIpc) is 2.64. The molecule has 5 heteroatoms. The maximum atomic E-state index is 12.5. The van der Waals surface area contributed by atoms with Gasteiger partial charge in [0.2, 0.25) is 0 Å². The van der Waals surface area contributed by atoms with E-state index in [1.807, 2.05) is 0 Å². The molecule has 0 radical (unpaired) electrons. The Morgan fingerprint density at radius 1 is 1.38 bits per heavy atom. The van der Waals surface area contributed by atoms with Gasteiger partial charge >= 0.3 is 0 Å². The van der Waals surface area contributed by atoms with E-state index in [0.29, 0.717) is 17.1 Å². The molecule has 1 aromatic carbocycles. The zero-order valence-corrected chi connectivity index (χ0v) is 13.9. The van der Waals surface area contributed by atoms with Crippen molar-refractivity contribution in [1.82, 2.24) is 5.32 Å². The summed E-state index contributed by atoms with van der Waals surface area (Å²) >= 11 is 0. The number of amides is 1. The Labute approximate surface area is 143 Å². The van der Waals surface area contributed by atoms with Crippen LogP contribution in [0.3, 0.4) is 0 Å². The first-order valence-corrected chi connectivity index (χ1v) is 8.14. The minimum Gasteiger partial charge on any atom is -0.493 e. The largest absolute Gasteiger partial charge is 0.493 e. The molecule has 1 aliphatic rings. The Bertz CT molecular complexity index is 652. The maximum absolute atomic E-state index is 12.5. The van der Waals surface area contributed by atoms with Crippen LogP contribution in [0.1, 0.15) is 42.5 Å². The number of terminal acetylenes is 1. The second-order valence-corrected chi connectivity index (χ2v) is 5.84. The van der Waals surface area contributed by atoms with E-state index in [1.165, 1.54) is 13.5 Å². The number of benzene rings is 1. The highest BCUT2D eigenvalue weighted by molar-refractivity contribution is 5.95. The smallest absolute Gasteiger partial charge is 0.252 e. The van der Waals surface area contributed by atoms with E-state index in [2.05, 4.69) is 17.3 Å². The first-order valence-electron chi connectivity index (χ1n) is 8.14. The van der Waals surface area contributed by atoms with E-state index >= 15 is 0 Å². The molecule has 0 aliphatic heterocycles. The van der Waals surface area contributed by atoms with Gasteiger partial charge in [0.05, 0.1) is 13.2 Å². The van der Waals surface area contributed by atoms with Crippen LogP contribution in [0.2, 0.25) is 0 Å². The fourth-order valence-electron chi connectivity index (χ4n) is 3.00. The Balaban J connectivity index is 2.08. The van der Waals surface area contributed by atoms with Crippen LogP contribution in [-0.4, -0.2) is 25.7 Å². The van der Waals surface area contributed by atoms with Crippen LogP contribution >= 0.6 is 0 Å². The lowest BCUT2D eigenvalue weighted by atomic mass is 9.84. The second kappa shape index (κ2) is 8.84. The molecule has 1 aromatic rings. The molecule has 0 spiro atoms. The molecule has 2 rings (SSSR count). The fourth-order valence-corrected chi connectivity index (χ4v) is 3.00. The highest BCUT2D eigenvalue weighted by Crippen LogP contribution is 2.29. The molecule has 1 amide bonds. The quantitative estimate of drug-likeness (QED) is 0.816. The van der Waals surface area contributed by atoms with Crippen molar-refractivity contribution in [3.63, 3.8) is 0 Å². The topological polar surface area (TPSA) is 71.3 Å². The lowest BCUT2D eigenvalue weighted by molar-refractivity contribution is 0.0928. The summed E-state index contributed by atoms with van der Waals surface area (Å²) in [5.74, 6) is 3.24. The van der Waals surface area contributed by atoms with Crippen LogP contribution in [0, 0.1) is 29.6 Å². The van der Waals surface area contributed by atoms with Gasteiger partial charge in [-0.05, 0) is 37.0 Å². The van der Waals surface area contributed by atoms with E-state index in [0.717, 1.165) is 25.7 Å². The van der Waals surface area contributed by atoms with Gasteiger partial charge in [-0.3, -0.25) is 4.79 Å². The number of methoxy groups -OCH3 is 1. The molecule has 1 saturated carbocycles. The summed E-state index contributed by atoms with van der Waals surface area (Å²) < 4.78 is 10.6. The van der Waals surface area contributed by atoms with Crippen LogP contribution in [0.4, 0.5) is 0 Å². The Morgan fingerprint density at radius 2 is 2.12 bits per heavy atom. The Morgan fingerprint density at radius 3 is 2.75 bits per heavy atom. The third kappa shape index (κ3) is 4.43. The molecule has 126 valence electrons. The minimum absolute atomic E-state index is 0.125. The summed E-state index contributed by atoms with van der Waals surface area (Å²) in [5.41, 5.74) is 0.427. The average molecular weight is 326 g/mol. The standard InChI is InChI=1S/C19H22N2O3/c1-3-11-24-17-10-9-15(12-18(17)23-2)19(22)21-16(13-20)14-7-5-4-6-8-14/h1,9-10,12,14,16H,4-8,11H2,2H3,(H,21,22). The first kappa shape index (κ1) is 17.7. The molecule has 1 atom stereocenters. The number of hydrogen-bond acceptors (Lipinski definition) is 4. The fraction of sp³-hybridized carbons (Fsp3) is 0.474. The van der Waals surface area contributed by atoms with Crippen LogP contribution in [0.25, 0.3) is 0 Å². The monoisotopic (exact) mass is 326 g/mol. The highest BCUT2D eigenvalue weighted by atomic mass is 16.5. The molecule has 24 heavy (non-hydrogen) atoms. The third-order valence-electron chi connectivity index (χ3n) is 4.28. The van der Waals surface area contributed by atoms with Crippen LogP contribution in [-0.2, 0) is 0 Å². The molecule has 5 nitrogen and oxygen atoms in total. The van der Waals surface area contributed by atoms with Crippen molar-refractivity contribution >= 4 is 5.91 Å². The van der Waals surface area contributed by atoms with Gasteiger partial charge in [0.1, 0.15) is 12.6 Å². The first-order chi connectivity index (χ1) is 11.7. The highest BCUT2D eigenvalue weighted by Gasteiger charge is 2.25. The Hall–Kier alpha value is -2.66. The number of ether oxygens (including phenoxy) is 2. The minimum atomic E-state index is -0.457. The van der Waals surface area contributed by atoms with Gasteiger partial charge < -0.3 is 14.8 Å². The zero-order chi connectivity index (χ0) is 17.4. The van der Waals surface area contributed by atoms with Crippen molar-refractivity contribution in [3.8, 4) is 29.9 Å². The normalized spacial score (nSPS) is 15.6. The SMILES string of the molecule is C#CCOc1ccc(C(=O)NC(C#N)C2CCCCC2)cc1OC. The molecule has 1 N–H and O–H groups in total. The van der Waals surface area contributed by atoms with Gasteiger partial charge in [0, 0.05) is 5.56 Å². The van der Waals surface area contributed by atoms with Gasteiger partial charge in [0.15, 0.2) is 11.5 Å². The number of nitrogens with one attached hydrogen (secondary N) is 1. The van der Waals surface area contributed by atoms with Crippen molar-refractivity contribution in [2.45, 2.75) is 38.1 Å². The zero-order valence-electron chi connectivity index (χ0n) is 13.9. The van der Waals surface area contributed by atoms with Crippen molar-refractivity contribution in [3.05, 3.63) is 23.8 Å². The number of nitriles is 1. The van der Waals surface area contributed by atoms with E-state index in [1.54, 1.807) is 18.2 Å². The van der Waals surface area contributed by atoms with Gasteiger partial charge in [-0.1, -0.05) is 25.2 Å². The van der Waals surface area contributed by atoms with Gasteiger partial charge in [0.25, 0.3) is 5.91 Å². The lowest BCUT2D eigenvalue weighted by Crippen LogP contribution is -2.40. The molecule has 0 bridgehead atoms. The number of rotatable bonds is 6. The number of nitrogens with zero attached hydrogens (tertiary/aromatic N) is 1. The maximum Gasteiger partial charge on any atom is 0.252 e. The number of hydrogen-bond donors (Lipinski definition) is 1. The van der Waals surface area contributed by atoms with E-state index in [-0.39, 0.29) is 18.4 Å². The van der Waals surface area contributed by atoms with Gasteiger partial charge in [-0.15, -0.1) is 6.42 Å². The number of carbonyl (C=O) groups excluding carboxylic acids is 1. The van der Waals surface area contributed by atoms with Crippen LogP contribution in [0.5, 0.6) is 11.5 Å². The third-order valence-corrected chi connectivity index (χ3v) is 4.28. The molecule has 0 heterocycles. The van der Waals surface area contributed by atoms with Gasteiger partial charge in [-0.25, -0.2) is 0 Å². The van der Waals surface area contributed by atoms with E-state index in [9.17, 15) is 10.1 Å². The summed E-state index contributed by atoms with van der Waals surface area (Å²) in [6.45, 7) is 0.125. The molecular formula is C19H22N2O3. The van der Waals surface area contributed by atoms with Crippen molar-refractivity contribution < 1.29 is 14.3 Å².